The Kier molecular flexibility index (Phi) is 4.59. The summed E-state index contributed by atoms with van der Waals surface area (Å²) >= 11 is 0. The van der Waals surface area contributed by atoms with Gasteiger partial charge in [0, 0.05) is 19.8 Å². The molecule has 0 amide bonds. The monoisotopic (exact) mass is 302 g/mol. The Morgan fingerprint density at radius 2 is 1.86 bits per heavy atom. The van der Waals surface area contributed by atoms with Gasteiger partial charge in [-0.2, -0.15) is 13.2 Å². The second-order valence-electron chi connectivity index (χ2n) is 4.76. The molecule has 0 saturated heterocycles. The molecule has 114 valence electrons. The maximum atomic E-state index is 13.7. The van der Waals surface area contributed by atoms with Crippen LogP contribution in [0.5, 0.6) is 0 Å². The topological polar surface area (TPSA) is 38.9 Å². The van der Waals surface area contributed by atoms with E-state index in [0.29, 0.717) is 35.7 Å². The lowest BCUT2D eigenvalue weighted by Crippen LogP contribution is -2.09. The fraction of sp³-hybridized carbons (Fsp3) is 0.429. The molecule has 21 heavy (non-hydrogen) atoms. The van der Waals surface area contributed by atoms with Crippen LogP contribution in [-0.2, 0) is 19.3 Å². The zero-order valence-corrected chi connectivity index (χ0v) is 11.4. The number of hydrogen-bond donors (Lipinski definition) is 0. The number of benzene rings is 1. The van der Waals surface area contributed by atoms with Crippen molar-refractivity contribution in [3.63, 3.8) is 0 Å². The minimum absolute atomic E-state index is 0.156. The lowest BCUT2D eigenvalue weighted by Gasteiger charge is -2.08. The fourth-order valence-corrected chi connectivity index (χ4v) is 1.94. The Morgan fingerprint density at radius 1 is 1.10 bits per heavy atom. The van der Waals surface area contributed by atoms with E-state index in [-0.39, 0.29) is 6.42 Å². The average Bonchev–Trinajstić information content (AvgIpc) is 2.81. The van der Waals surface area contributed by atoms with Gasteiger partial charge in [-0.1, -0.05) is 12.1 Å². The molecule has 0 N–H and O–H groups in total. The number of hydrogen-bond acceptors (Lipinski definition) is 3. The van der Waals surface area contributed by atoms with E-state index in [1.807, 2.05) is 0 Å². The molecule has 2 aromatic rings. The summed E-state index contributed by atoms with van der Waals surface area (Å²) in [4.78, 5) is 0. The molecule has 1 aromatic heterocycles. The predicted molar refractivity (Wildman–Crippen MR) is 67.2 cm³/mol. The van der Waals surface area contributed by atoms with Crippen molar-refractivity contribution < 1.29 is 22.0 Å². The van der Waals surface area contributed by atoms with Crippen LogP contribution in [0.3, 0.4) is 0 Å². The Hall–Kier alpha value is -1.92. The van der Waals surface area contributed by atoms with Crippen LogP contribution in [0.15, 0.2) is 22.6 Å². The third-order valence-corrected chi connectivity index (χ3v) is 2.98. The highest BCUT2D eigenvalue weighted by Gasteiger charge is 2.26. The van der Waals surface area contributed by atoms with Crippen molar-refractivity contribution in [2.75, 3.05) is 0 Å². The van der Waals surface area contributed by atoms with Gasteiger partial charge < -0.3 is 4.42 Å². The first-order valence-corrected chi connectivity index (χ1v) is 6.46. The van der Waals surface area contributed by atoms with Gasteiger partial charge in [-0.3, -0.25) is 0 Å². The Morgan fingerprint density at radius 3 is 2.48 bits per heavy atom. The lowest BCUT2D eigenvalue weighted by atomic mass is 10.0. The van der Waals surface area contributed by atoms with Gasteiger partial charge in [0.05, 0.1) is 0 Å². The summed E-state index contributed by atoms with van der Waals surface area (Å²) in [5.74, 6) is 0.360. The van der Waals surface area contributed by atoms with E-state index < -0.39 is 18.4 Å². The van der Waals surface area contributed by atoms with Crippen molar-refractivity contribution in [2.45, 2.75) is 38.8 Å². The van der Waals surface area contributed by atoms with E-state index in [2.05, 4.69) is 10.2 Å². The molecular weight excluding hydrogens is 288 g/mol. The summed E-state index contributed by atoms with van der Waals surface area (Å²) in [7, 11) is 0. The molecule has 0 aliphatic rings. The van der Waals surface area contributed by atoms with Crippen molar-refractivity contribution in [3.05, 3.63) is 46.9 Å². The fourth-order valence-electron chi connectivity index (χ4n) is 1.94. The largest absolute Gasteiger partial charge is 0.426 e. The summed E-state index contributed by atoms with van der Waals surface area (Å²) in [5, 5.41) is 7.45. The van der Waals surface area contributed by atoms with Gasteiger partial charge in [-0.05, 0) is 30.0 Å². The molecule has 0 spiro atoms. The SMILES string of the molecule is Cc1nnc(CCc2cc(CCC(F)(F)F)ccc2F)o1. The van der Waals surface area contributed by atoms with Crippen molar-refractivity contribution in [1.82, 2.24) is 10.2 Å². The smallest absolute Gasteiger partial charge is 0.389 e. The molecule has 0 bridgehead atoms. The molecule has 7 heteroatoms. The zero-order valence-electron chi connectivity index (χ0n) is 11.4. The van der Waals surface area contributed by atoms with Gasteiger partial charge in [0.15, 0.2) is 0 Å². The Bertz CT molecular complexity index is 607. The first kappa shape index (κ1) is 15.5. The van der Waals surface area contributed by atoms with Crippen LogP contribution < -0.4 is 0 Å². The molecule has 1 heterocycles. The number of nitrogens with zero attached hydrogens (tertiary/aromatic N) is 2. The van der Waals surface area contributed by atoms with Crippen molar-refractivity contribution >= 4 is 0 Å². The van der Waals surface area contributed by atoms with Gasteiger partial charge in [-0.15, -0.1) is 10.2 Å². The molecule has 0 saturated carbocycles. The highest BCUT2D eigenvalue weighted by molar-refractivity contribution is 5.25. The molecule has 0 unspecified atom stereocenters. The number of rotatable bonds is 5. The number of halogens is 4. The second-order valence-corrected chi connectivity index (χ2v) is 4.76. The quantitative estimate of drug-likeness (QED) is 0.789. The van der Waals surface area contributed by atoms with Crippen LogP contribution >= 0.6 is 0 Å². The molecule has 1 aromatic carbocycles. The molecule has 0 aliphatic carbocycles. The van der Waals surface area contributed by atoms with Crippen LogP contribution in [0.25, 0.3) is 0 Å². The molecule has 0 atom stereocenters. The lowest BCUT2D eigenvalue weighted by molar-refractivity contribution is -0.133. The summed E-state index contributed by atoms with van der Waals surface area (Å²) in [6.07, 6.45) is -4.64. The summed E-state index contributed by atoms with van der Waals surface area (Å²) in [6.45, 7) is 1.65. The first-order chi connectivity index (χ1) is 9.83. The number of alkyl halides is 3. The van der Waals surface area contributed by atoms with E-state index in [0.717, 1.165) is 0 Å². The minimum Gasteiger partial charge on any atom is -0.426 e. The molecule has 0 radical (unpaired) electrons. The maximum absolute atomic E-state index is 13.7. The van der Waals surface area contributed by atoms with Crippen molar-refractivity contribution in [3.8, 4) is 0 Å². The molecule has 2 rings (SSSR count). The highest BCUT2D eigenvalue weighted by atomic mass is 19.4. The molecule has 0 aliphatic heterocycles. The van der Waals surface area contributed by atoms with Crippen LogP contribution in [0, 0.1) is 12.7 Å². The van der Waals surface area contributed by atoms with Gasteiger partial charge >= 0.3 is 6.18 Å². The molecule has 0 fully saturated rings. The normalized spacial score (nSPS) is 11.9. The summed E-state index contributed by atoms with van der Waals surface area (Å²) in [6, 6.07) is 4.03. The third kappa shape index (κ3) is 4.84. The van der Waals surface area contributed by atoms with E-state index in [1.54, 1.807) is 6.92 Å². The van der Waals surface area contributed by atoms with Gasteiger partial charge in [-0.25, -0.2) is 4.39 Å². The van der Waals surface area contributed by atoms with Crippen LogP contribution in [0.2, 0.25) is 0 Å². The molecule has 3 nitrogen and oxygen atoms in total. The molecular formula is C14H14F4N2O. The maximum Gasteiger partial charge on any atom is 0.389 e. The van der Waals surface area contributed by atoms with Gasteiger partial charge in [0.1, 0.15) is 5.82 Å². The van der Waals surface area contributed by atoms with E-state index in [4.69, 9.17) is 4.42 Å². The van der Waals surface area contributed by atoms with E-state index in [9.17, 15) is 17.6 Å². The van der Waals surface area contributed by atoms with Gasteiger partial charge in [0.2, 0.25) is 11.8 Å². The number of aryl methyl sites for hydroxylation is 4. The van der Waals surface area contributed by atoms with E-state index in [1.165, 1.54) is 18.2 Å². The Labute approximate surface area is 119 Å². The zero-order chi connectivity index (χ0) is 15.5. The minimum atomic E-state index is -4.21. The third-order valence-electron chi connectivity index (χ3n) is 2.98. The average molecular weight is 302 g/mol. The Balaban J connectivity index is 2.01. The summed E-state index contributed by atoms with van der Waals surface area (Å²) < 4.78 is 55.4. The first-order valence-electron chi connectivity index (χ1n) is 6.46. The van der Waals surface area contributed by atoms with Crippen LogP contribution in [0.4, 0.5) is 17.6 Å². The van der Waals surface area contributed by atoms with Crippen LogP contribution in [-0.4, -0.2) is 16.4 Å². The standard InChI is InChI=1S/C14H14F4N2O/c1-9-19-20-13(21-9)5-3-11-8-10(2-4-12(11)15)6-7-14(16,17)18/h2,4,8H,3,5-7H2,1H3. The second kappa shape index (κ2) is 6.24. The van der Waals surface area contributed by atoms with E-state index >= 15 is 0 Å². The van der Waals surface area contributed by atoms with Crippen molar-refractivity contribution in [1.29, 1.82) is 0 Å². The van der Waals surface area contributed by atoms with Crippen LogP contribution in [0.1, 0.15) is 29.3 Å². The predicted octanol–water partition coefficient (Wildman–Crippen LogP) is 3.80. The van der Waals surface area contributed by atoms with Gasteiger partial charge in [0.25, 0.3) is 0 Å². The number of aromatic nitrogens is 2. The summed E-state index contributed by atoms with van der Waals surface area (Å²) in [5.41, 5.74) is 0.816. The highest BCUT2D eigenvalue weighted by Crippen LogP contribution is 2.23. The van der Waals surface area contributed by atoms with Crippen molar-refractivity contribution in [2.24, 2.45) is 0 Å².